The lowest BCUT2D eigenvalue weighted by Crippen LogP contribution is -2.30. The first kappa shape index (κ1) is 13.7. The number of rotatable bonds is 3. The van der Waals surface area contributed by atoms with Crippen molar-refractivity contribution in [2.45, 2.75) is 20.0 Å². The molecule has 0 saturated heterocycles. The van der Waals surface area contributed by atoms with Crippen LogP contribution in [0.5, 0.6) is 5.75 Å². The maximum absolute atomic E-state index is 11.5. The van der Waals surface area contributed by atoms with Crippen LogP contribution in [0.15, 0.2) is 27.1 Å². The first-order chi connectivity index (χ1) is 7.43. The highest BCUT2D eigenvalue weighted by Gasteiger charge is 2.22. The topological polar surface area (TPSA) is 46.5 Å². The Bertz CT molecular complexity index is 391. The number of esters is 1. The molecule has 1 unspecified atom stereocenters. The third-order valence-electron chi connectivity index (χ3n) is 2.00. The van der Waals surface area contributed by atoms with E-state index >= 15 is 0 Å². The van der Waals surface area contributed by atoms with E-state index in [4.69, 9.17) is 4.74 Å². The van der Waals surface area contributed by atoms with Crippen molar-refractivity contribution in [1.29, 1.82) is 0 Å². The van der Waals surface area contributed by atoms with E-state index in [1.807, 2.05) is 6.07 Å². The number of carbonyl (C=O) groups is 1. The first-order valence-corrected chi connectivity index (χ1v) is 6.36. The van der Waals surface area contributed by atoms with Crippen molar-refractivity contribution in [2.75, 3.05) is 0 Å². The van der Waals surface area contributed by atoms with Crippen molar-refractivity contribution in [3.05, 3.63) is 27.1 Å². The molecule has 0 saturated carbocycles. The van der Waals surface area contributed by atoms with Crippen LogP contribution in [-0.2, 0) is 4.79 Å². The third kappa shape index (κ3) is 3.30. The summed E-state index contributed by atoms with van der Waals surface area (Å²) in [6.07, 6.45) is -1.11. The van der Waals surface area contributed by atoms with E-state index in [-0.39, 0.29) is 5.92 Å². The van der Waals surface area contributed by atoms with Crippen molar-refractivity contribution < 1.29 is 14.6 Å². The second kappa shape index (κ2) is 5.80. The van der Waals surface area contributed by atoms with Gasteiger partial charge in [0.25, 0.3) is 0 Å². The highest BCUT2D eigenvalue weighted by molar-refractivity contribution is 9.13. The number of halogens is 2. The molecular formula is C11H12Br2O3. The molecule has 0 aliphatic rings. The Morgan fingerprint density at radius 2 is 2.00 bits per heavy atom. The molecule has 1 rings (SSSR count). The smallest absolute Gasteiger partial charge is 0.340 e. The summed E-state index contributed by atoms with van der Waals surface area (Å²) in [4.78, 5) is 11.5. The van der Waals surface area contributed by atoms with Gasteiger partial charge < -0.3 is 9.84 Å². The Kier molecular flexibility index (Phi) is 4.95. The molecule has 1 N–H and O–H groups in total. The van der Waals surface area contributed by atoms with E-state index in [1.54, 1.807) is 26.0 Å². The molecule has 1 aromatic carbocycles. The molecular weight excluding hydrogens is 340 g/mol. The molecule has 0 heterocycles. The third-order valence-corrected chi connectivity index (χ3v) is 4.01. The van der Waals surface area contributed by atoms with E-state index < -0.39 is 12.1 Å². The summed E-state index contributed by atoms with van der Waals surface area (Å²) >= 11 is 6.59. The molecule has 0 aliphatic heterocycles. The fourth-order valence-electron chi connectivity index (χ4n) is 1.00. The minimum atomic E-state index is -1.11. The summed E-state index contributed by atoms with van der Waals surface area (Å²) in [5.41, 5.74) is 0. The quantitative estimate of drug-likeness (QED) is 0.672. The molecule has 16 heavy (non-hydrogen) atoms. The van der Waals surface area contributed by atoms with Gasteiger partial charge in [0.05, 0.1) is 4.47 Å². The molecule has 88 valence electrons. The van der Waals surface area contributed by atoms with Crippen molar-refractivity contribution >= 4 is 37.8 Å². The van der Waals surface area contributed by atoms with Crippen LogP contribution in [0, 0.1) is 5.92 Å². The zero-order valence-electron chi connectivity index (χ0n) is 8.91. The largest absolute Gasteiger partial charge is 0.423 e. The van der Waals surface area contributed by atoms with Gasteiger partial charge in [-0.3, -0.25) is 0 Å². The van der Waals surface area contributed by atoms with Crippen LogP contribution in [-0.4, -0.2) is 17.2 Å². The summed E-state index contributed by atoms with van der Waals surface area (Å²) in [6, 6.07) is 5.22. The zero-order chi connectivity index (χ0) is 12.3. The molecule has 1 atom stereocenters. The molecule has 0 bridgehead atoms. The van der Waals surface area contributed by atoms with Crippen molar-refractivity contribution in [3.63, 3.8) is 0 Å². The second-order valence-electron chi connectivity index (χ2n) is 3.66. The maximum Gasteiger partial charge on any atom is 0.340 e. The van der Waals surface area contributed by atoms with Gasteiger partial charge in [0, 0.05) is 4.47 Å². The molecule has 0 spiro atoms. The normalized spacial score (nSPS) is 12.6. The number of aliphatic hydroxyl groups is 1. The van der Waals surface area contributed by atoms with Gasteiger partial charge >= 0.3 is 5.97 Å². The van der Waals surface area contributed by atoms with E-state index in [0.717, 1.165) is 4.47 Å². The fourth-order valence-corrected chi connectivity index (χ4v) is 1.70. The van der Waals surface area contributed by atoms with Crippen LogP contribution in [0.4, 0.5) is 0 Å². The minimum Gasteiger partial charge on any atom is -0.423 e. The number of benzene rings is 1. The molecule has 0 aromatic heterocycles. The van der Waals surface area contributed by atoms with E-state index in [2.05, 4.69) is 31.9 Å². The van der Waals surface area contributed by atoms with Crippen LogP contribution >= 0.6 is 31.9 Å². The van der Waals surface area contributed by atoms with Gasteiger partial charge in [0.15, 0.2) is 6.10 Å². The lowest BCUT2D eigenvalue weighted by atomic mass is 10.1. The Balaban J connectivity index is 2.81. The molecule has 3 nitrogen and oxygen atoms in total. The number of hydrogen-bond acceptors (Lipinski definition) is 3. The van der Waals surface area contributed by atoms with Gasteiger partial charge in [-0.05, 0) is 49.9 Å². The fraction of sp³-hybridized carbons (Fsp3) is 0.364. The van der Waals surface area contributed by atoms with Crippen molar-refractivity contribution in [3.8, 4) is 5.75 Å². The van der Waals surface area contributed by atoms with Crippen LogP contribution in [0.2, 0.25) is 0 Å². The summed E-state index contributed by atoms with van der Waals surface area (Å²) in [7, 11) is 0. The lowest BCUT2D eigenvalue weighted by Gasteiger charge is -2.14. The van der Waals surface area contributed by atoms with Gasteiger partial charge in [0.2, 0.25) is 0 Å². The molecule has 0 radical (unpaired) electrons. The average molecular weight is 352 g/mol. The van der Waals surface area contributed by atoms with Gasteiger partial charge in [-0.1, -0.05) is 19.9 Å². The number of carbonyl (C=O) groups excluding carboxylic acids is 1. The molecule has 5 heteroatoms. The van der Waals surface area contributed by atoms with Crippen molar-refractivity contribution in [1.82, 2.24) is 0 Å². The van der Waals surface area contributed by atoms with Crippen LogP contribution in [0.25, 0.3) is 0 Å². The predicted octanol–water partition coefficient (Wildman–Crippen LogP) is 3.13. The molecule has 0 amide bonds. The van der Waals surface area contributed by atoms with Crippen LogP contribution < -0.4 is 4.74 Å². The first-order valence-electron chi connectivity index (χ1n) is 4.77. The monoisotopic (exact) mass is 350 g/mol. The second-order valence-corrected chi connectivity index (χ2v) is 5.31. The highest BCUT2D eigenvalue weighted by Crippen LogP contribution is 2.32. The van der Waals surface area contributed by atoms with Gasteiger partial charge in [-0.25, -0.2) is 4.79 Å². The summed E-state index contributed by atoms with van der Waals surface area (Å²) in [6.45, 7) is 3.50. The summed E-state index contributed by atoms with van der Waals surface area (Å²) in [5, 5.41) is 9.51. The van der Waals surface area contributed by atoms with Crippen molar-refractivity contribution in [2.24, 2.45) is 5.92 Å². The Morgan fingerprint density at radius 3 is 2.56 bits per heavy atom. The lowest BCUT2D eigenvalue weighted by molar-refractivity contribution is -0.146. The molecule has 0 aliphatic carbocycles. The Morgan fingerprint density at radius 1 is 1.38 bits per heavy atom. The predicted molar refractivity (Wildman–Crippen MR) is 68.3 cm³/mol. The van der Waals surface area contributed by atoms with E-state index in [9.17, 15) is 9.90 Å². The maximum atomic E-state index is 11.5. The standard InChI is InChI=1S/C11H12Br2O3/c1-6(2)10(14)11(15)16-8-5-3-4-7(12)9(8)13/h3-6,10,14H,1-2H3. The summed E-state index contributed by atoms with van der Waals surface area (Å²) in [5.74, 6) is -0.425. The SMILES string of the molecule is CC(C)C(O)C(=O)Oc1cccc(Br)c1Br. The molecule has 1 aromatic rings. The Labute approximate surface area is 111 Å². The minimum absolute atomic E-state index is 0.168. The van der Waals surface area contributed by atoms with E-state index in [1.165, 1.54) is 0 Å². The summed E-state index contributed by atoms with van der Waals surface area (Å²) < 4.78 is 6.52. The number of ether oxygens (including phenoxy) is 1. The average Bonchev–Trinajstić information content (AvgIpc) is 2.23. The van der Waals surface area contributed by atoms with Crippen LogP contribution in [0.3, 0.4) is 0 Å². The van der Waals surface area contributed by atoms with E-state index in [0.29, 0.717) is 10.2 Å². The van der Waals surface area contributed by atoms with Gasteiger partial charge in [0.1, 0.15) is 5.75 Å². The number of hydrogen-bond donors (Lipinski definition) is 1. The van der Waals surface area contributed by atoms with Gasteiger partial charge in [-0.15, -0.1) is 0 Å². The number of aliphatic hydroxyl groups excluding tert-OH is 1. The van der Waals surface area contributed by atoms with Crippen LogP contribution in [0.1, 0.15) is 13.8 Å². The Hall–Kier alpha value is -0.390. The van der Waals surface area contributed by atoms with Gasteiger partial charge in [-0.2, -0.15) is 0 Å². The molecule has 0 fully saturated rings. The zero-order valence-corrected chi connectivity index (χ0v) is 12.1. The highest BCUT2D eigenvalue weighted by atomic mass is 79.9.